The molecule has 2 aromatic heterocycles. The average Bonchev–Trinajstić information content (AvgIpc) is 3.08. The zero-order valence-electron chi connectivity index (χ0n) is 15.0. The largest absolute Gasteiger partial charge is 0.344 e. The first-order chi connectivity index (χ1) is 12.5. The van der Waals surface area contributed by atoms with E-state index in [1.165, 1.54) is 0 Å². The Morgan fingerprint density at radius 1 is 1.15 bits per heavy atom. The Morgan fingerprint density at radius 2 is 1.96 bits per heavy atom. The van der Waals surface area contributed by atoms with E-state index in [-0.39, 0.29) is 17.9 Å². The molecule has 1 amide bonds. The van der Waals surface area contributed by atoms with Crippen LogP contribution in [0.1, 0.15) is 54.5 Å². The molecule has 6 heteroatoms. The van der Waals surface area contributed by atoms with Crippen molar-refractivity contribution in [2.75, 3.05) is 0 Å². The van der Waals surface area contributed by atoms with Crippen LogP contribution in [0.25, 0.3) is 5.69 Å². The minimum atomic E-state index is -0.196. The molecule has 0 bridgehead atoms. The number of rotatable bonds is 5. The van der Waals surface area contributed by atoms with E-state index < -0.39 is 0 Å². The fourth-order valence-corrected chi connectivity index (χ4v) is 3.07. The summed E-state index contributed by atoms with van der Waals surface area (Å²) in [6, 6.07) is 12.9. The minimum absolute atomic E-state index is 0.113. The number of nitrogens with one attached hydrogen (secondary N) is 1. The molecule has 5 nitrogen and oxygen atoms in total. The molecular weight excluding hydrogens is 348 g/mol. The Bertz CT molecular complexity index is 905. The van der Waals surface area contributed by atoms with Crippen LogP contribution in [-0.4, -0.2) is 20.7 Å². The molecule has 0 fully saturated rings. The second-order valence-corrected chi connectivity index (χ2v) is 6.88. The first-order valence-electron chi connectivity index (χ1n) is 8.53. The standard InChI is InChI=1S/C20H21ClN4O/c1-13(2)19-17(12-23-25(19)16-8-6-7-15(21)11-16)20(26)24-14(3)18-9-4-5-10-22-18/h4-14H,1-3H3,(H,24,26). The summed E-state index contributed by atoms with van der Waals surface area (Å²) >= 11 is 6.11. The van der Waals surface area contributed by atoms with Gasteiger partial charge in [0, 0.05) is 11.2 Å². The molecule has 3 rings (SSSR count). The number of pyridine rings is 1. The number of hydrogen-bond donors (Lipinski definition) is 1. The summed E-state index contributed by atoms with van der Waals surface area (Å²) in [7, 11) is 0. The summed E-state index contributed by atoms with van der Waals surface area (Å²) in [5.74, 6) is -0.0532. The zero-order valence-corrected chi connectivity index (χ0v) is 15.7. The lowest BCUT2D eigenvalue weighted by molar-refractivity contribution is 0.0937. The highest BCUT2D eigenvalue weighted by Crippen LogP contribution is 2.25. The van der Waals surface area contributed by atoms with Gasteiger partial charge >= 0.3 is 0 Å². The van der Waals surface area contributed by atoms with Crippen LogP contribution in [0.2, 0.25) is 5.02 Å². The lowest BCUT2D eigenvalue weighted by Crippen LogP contribution is -2.28. The molecule has 0 aliphatic carbocycles. The predicted molar refractivity (Wildman–Crippen MR) is 103 cm³/mol. The minimum Gasteiger partial charge on any atom is -0.344 e. The van der Waals surface area contributed by atoms with Gasteiger partial charge in [0.15, 0.2) is 0 Å². The maximum absolute atomic E-state index is 12.8. The Kier molecular flexibility index (Phi) is 5.38. The van der Waals surface area contributed by atoms with Crippen molar-refractivity contribution in [3.05, 3.63) is 76.8 Å². The second-order valence-electron chi connectivity index (χ2n) is 6.44. The Balaban J connectivity index is 1.91. The highest BCUT2D eigenvalue weighted by molar-refractivity contribution is 6.30. The first-order valence-corrected chi connectivity index (χ1v) is 8.91. The molecule has 1 atom stereocenters. The Morgan fingerprint density at radius 3 is 2.62 bits per heavy atom. The van der Waals surface area contributed by atoms with E-state index in [4.69, 9.17) is 11.6 Å². The van der Waals surface area contributed by atoms with E-state index in [9.17, 15) is 4.79 Å². The summed E-state index contributed by atoms with van der Waals surface area (Å²) in [6.45, 7) is 5.99. The Hall–Kier alpha value is -2.66. The lowest BCUT2D eigenvalue weighted by atomic mass is 10.0. The van der Waals surface area contributed by atoms with Gasteiger partial charge in [0.2, 0.25) is 0 Å². The summed E-state index contributed by atoms with van der Waals surface area (Å²) < 4.78 is 1.77. The molecule has 1 unspecified atom stereocenters. The van der Waals surface area contributed by atoms with Crippen molar-refractivity contribution in [2.45, 2.75) is 32.7 Å². The van der Waals surface area contributed by atoms with Gasteiger partial charge in [-0.05, 0) is 43.2 Å². The third-order valence-electron chi connectivity index (χ3n) is 4.13. The monoisotopic (exact) mass is 368 g/mol. The van der Waals surface area contributed by atoms with Gasteiger partial charge in [-0.15, -0.1) is 0 Å². The SMILES string of the molecule is CC(C)c1c(C(=O)NC(C)c2ccccn2)cnn1-c1cccc(Cl)c1. The third kappa shape index (κ3) is 3.78. The third-order valence-corrected chi connectivity index (χ3v) is 4.36. The van der Waals surface area contributed by atoms with E-state index in [1.54, 1.807) is 17.1 Å². The zero-order chi connectivity index (χ0) is 18.7. The maximum atomic E-state index is 12.8. The molecule has 0 aliphatic heterocycles. The average molecular weight is 369 g/mol. The van der Waals surface area contributed by atoms with E-state index in [0.717, 1.165) is 17.1 Å². The van der Waals surface area contributed by atoms with Gasteiger partial charge < -0.3 is 5.32 Å². The van der Waals surface area contributed by atoms with E-state index in [0.29, 0.717) is 10.6 Å². The van der Waals surface area contributed by atoms with Crippen molar-refractivity contribution in [3.63, 3.8) is 0 Å². The summed E-state index contributed by atoms with van der Waals surface area (Å²) in [5.41, 5.74) is 3.05. The molecule has 0 saturated heterocycles. The van der Waals surface area contributed by atoms with Crippen molar-refractivity contribution in [1.82, 2.24) is 20.1 Å². The van der Waals surface area contributed by atoms with Crippen LogP contribution in [0, 0.1) is 0 Å². The van der Waals surface area contributed by atoms with Crippen LogP contribution in [0.15, 0.2) is 54.9 Å². The van der Waals surface area contributed by atoms with Gasteiger partial charge in [-0.2, -0.15) is 5.10 Å². The summed E-state index contributed by atoms with van der Waals surface area (Å²) in [6.07, 6.45) is 3.32. The fraction of sp³-hybridized carbons (Fsp3) is 0.250. The number of nitrogens with zero attached hydrogens (tertiary/aromatic N) is 3. The highest BCUT2D eigenvalue weighted by Gasteiger charge is 2.22. The van der Waals surface area contributed by atoms with Crippen LogP contribution in [0.4, 0.5) is 0 Å². The molecular formula is C20H21ClN4O. The van der Waals surface area contributed by atoms with Crippen LogP contribution in [-0.2, 0) is 0 Å². The van der Waals surface area contributed by atoms with Crippen LogP contribution in [0.5, 0.6) is 0 Å². The number of halogens is 1. The van der Waals surface area contributed by atoms with Crippen LogP contribution in [0.3, 0.4) is 0 Å². The van der Waals surface area contributed by atoms with Gasteiger partial charge in [-0.3, -0.25) is 9.78 Å². The van der Waals surface area contributed by atoms with E-state index >= 15 is 0 Å². The van der Waals surface area contributed by atoms with Gasteiger partial charge in [-0.25, -0.2) is 4.68 Å². The topological polar surface area (TPSA) is 59.8 Å². The number of benzene rings is 1. The molecule has 0 spiro atoms. The smallest absolute Gasteiger partial charge is 0.255 e. The van der Waals surface area contributed by atoms with Gasteiger partial charge in [0.1, 0.15) is 0 Å². The van der Waals surface area contributed by atoms with Crippen molar-refractivity contribution in [2.24, 2.45) is 0 Å². The molecule has 1 N–H and O–H groups in total. The molecule has 2 heterocycles. The summed E-state index contributed by atoms with van der Waals surface area (Å²) in [4.78, 5) is 17.1. The predicted octanol–water partition coefficient (Wildman–Crippen LogP) is 4.54. The molecule has 0 saturated carbocycles. The van der Waals surface area contributed by atoms with Crippen molar-refractivity contribution < 1.29 is 4.79 Å². The summed E-state index contributed by atoms with van der Waals surface area (Å²) in [5, 5.41) is 8.06. The number of carbonyl (C=O) groups is 1. The van der Waals surface area contributed by atoms with Crippen molar-refractivity contribution in [1.29, 1.82) is 0 Å². The second kappa shape index (κ2) is 7.70. The number of aromatic nitrogens is 3. The van der Waals surface area contributed by atoms with Crippen molar-refractivity contribution >= 4 is 17.5 Å². The molecule has 0 radical (unpaired) electrons. The lowest BCUT2D eigenvalue weighted by Gasteiger charge is -2.16. The molecule has 0 aliphatic rings. The maximum Gasteiger partial charge on any atom is 0.255 e. The number of hydrogen-bond acceptors (Lipinski definition) is 3. The molecule has 1 aromatic carbocycles. The van der Waals surface area contributed by atoms with Crippen molar-refractivity contribution in [3.8, 4) is 5.69 Å². The van der Waals surface area contributed by atoms with Gasteiger partial charge in [0.25, 0.3) is 5.91 Å². The molecule has 134 valence electrons. The van der Waals surface area contributed by atoms with E-state index in [1.807, 2.05) is 63.2 Å². The normalized spacial score (nSPS) is 12.2. The fourth-order valence-electron chi connectivity index (χ4n) is 2.88. The molecule has 3 aromatic rings. The van der Waals surface area contributed by atoms with Crippen LogP contribution >= 0.6 is 11.6 Å². The first kappa shape index (κ1) is 18.1. The number of amides is 1. The number of carbonyl (C=O) groups excluding carboxylic acids is 1. The van der Waals surface area contributed by atoms with E-state index in [2.05, 4.69) is 15.4 Å². The van der Waals surface area contributed by atoms with Gasteiger partial charge in [-0.1, -0.05) is 37.6 Å². The van der Waals surface area contributed by atoms with Gasteiger partial charge in [0.05, 0.1) is 34.9 Å². The highest BCUT2D eigenvalue weighted by atomic mass is 35.5. The molecule has 26 heavy (non-hydrogen) atoms. The Labute approximate surface area is 158 Å². The van der Waals surface area contributed by atoms with Crippen LogP contribution < -0.4 is 5.32 Å². The quantitative estimate of drug-likeness (QED) is 0.719.